The summed E-state index contributed by atoms with van der Waals surface area (Å²) in [5.41, 5.74) is 0. The molecule has 1 aliphatic rings. The summed E-state index contributed by atoms with van der Waals surface area (Å²) in [4.78, 5) is 24.0. The molecule has 0 aromatic heterocycles. The lowest BCUT2D eigenvalue weighted by Gasteiger charge is -2.21. The van der Waals surface area contributed by atoms with Crippen molar-refractivity contribution >= 4 is 11.9 Å². The van der Waals surface area contributed by atoms with Gasteiger partial charge in [0.1, 0.15) is 19.3 Å². The maximum absolute atomic E-state index is 12.1. The molecule has 1 aliphatic carbocycles. The first-order valence-corrected chi connectivity index (χ1v) is 18.5. The molecule has 8 nitrogen and oxygen atoms in total. The molecular formula is C37H68O8. The zero-order valence-corrected chi connectivity index (χ0v) is 28.7. The lowest BCUT2D eigenvalue weighted by atomic mass is 9.88. The third-order valence-corrected chi connectivity index (χ3v) is 9.10. The molecule has 264 valence electrons. The van der Waals surface area contributed by atoms with Crippen LogP contribution >= 0.6 is 0 Å². The van der Waals surface area contributed by atoms with Gasteiger partial charge >= 0.3 is 11.9 Å². The minimum absolute atomic E-state index is 0.0284. The highest BCUT2D eigenvalue weighted by Gasteiger charge is 2.39. The molecule has 45 heavy (non-hydrogen) atoms. The van der Waals surface area contributed by atoms with Crippen LogP contribution in [0.15, 0.2) is 12.2 Å². The van der Waals surface area contributed by atoms with Crippen molar-refractivity contribution in [2.24, 2.45) is 11.8 Å². The van der Waals surface area contributed by atoms with Crippen molar-refractivity contribution in [2.45, 2.75) is 186 Å². The summed E-state index contributed by atoms with van der Waals surface area (Å²) in [6.45, 7) is 4.01. The first kappa shape index (κ1) is 41.5. The van der Waals surface area contributed by atoms with E-state index in [0.29, 0.717) is 25.7 Å². The van der Waals surface area contributed by atoms with E-state index in [-0.39, 0.29) is 43.4 Å². The van der Waals surface area contributed by atoms with Gasteiger partial charge in [0, 0.05) is 25.2 Å². The normalized spacial score (nSPS) is 21.3. The third-order valence-electron chi connectivity index (χ3n) is 9.10. The van der Waals surface area contributed by atoms with Gasteiger partial charge in [-0.25, -0.2) is 0 Å². The van der Waals surface area contributed by atoms with Crippen LogP contribution in [0.3, 0.4) is 0 Å². The number of carbonyl (C=O) groups is 2. The molecule has 0 heterocycles. The smallest absolute Gasteiger partial charge is 0.305 e. The van der Waals surface area contributed by atoms with Crippen molar-refractivity contribution in [3.63, 3.8) is 0 Å². The Hall–Kier alpha value is -1.48. The van der Waals surface area contributed by atoms with Gasteiger partial charge in [0.05, 0.1) is 18.3 Å². The fourth-order valence-corrected chi connectivity index (χ4v) is 6.24. The summed E-state index contributed by atoms with van der Waals surface area (Å²) >= 11 is 0. The highest BCUT2D eigenvalue weighted by molar-refractivity contribution is 5.69. The van der Waals surface area contributed by atoms with E-state index in [1.807, 2.05) is 6.08 Å². The van der Waals surface area contributed by atoms with Crippen LogP contribution in [0.4, 0.5) is 0 Å². The molecule has 1 fully saturated rings. The second-order valence-electron chi connectivity index (χ2n) is 13.3. The Labute approximate surface area is 274 Å². The maximum atomic E-state index is 12.1. The van der Waals surface area contributed by atoms with Crippen LogP contribution in [-0.4, -0.2) is 70.0 Å². The Bertz CT molecular complexity index is 757. The fraction of sp³-hybridized carbons (Fsp3) is 0.892. The molecule has 0 radical (unpaired) electrons. The number of ether oxygens (including phenoxy) is 2. The van der Waals surface area contributed by atoms with Crippen LogP contribution in [0.5, 0.6) is 0 Å². The summed E-state index contributed by atoms with van der Waals surface area (Å²) in [6, 6.07) is 0. The second-order valence-corrected chi connectivity index (χ2v) is 13.3. The van der Waals surface area contributed by atoms with E-state index in [4.69, 9.17) is 9.47 Å². The van der Waals surface area contributed by atoms with Gasteiger partial charge in [-0.2, -0.15) is 0 Å². The average molecular weight is 641 g/mol. The number of hydrogen-bond acceptors (Lipinski definition) is 8. The molecule has 6 atom stereocenters. The van der Waals surface area contributed by atoms with Crippen molar-refractivity contribution in [3.8, 4) is 0 Å². The highest BCUT2D eigenvalue weighted by Crippen LogP contribution is 2.37. The lowest BCUT2D eigenvalue weighted by molar-refractivity contribution is -0.152. The molecular weight excluding hydrogens is 572 g/mol. The number of aliphatic hydroxyl groups excluding tert-OH is 4. The molecule has 0 spiro atoms. The molecule has 0 saturated heterocycles. The predicted molar refractivity (Wildman–Crippen MR) is 180 cm³/mol. The lowest BCUT2D eigenvalue weighted by Crippen LogP contribution is -2.25. The van der Waals surface area contributed by atoms with Crippen LogP contribution in [0.2, 0.25) is 0 Å². The Morgan fingerprint density at radius 1 is 0.667 bits per heavy atom. The number of carbonyl (C=O) groups excluding carboxylic acids is 2. The molecule has 0 unspecified atom stereocenters. The Kier molecular flexibility index (Phi) is 25.5. The van der Waals surface area contributed by atoms with Crippen molar-refractivity contribution in [2.75, 3.05) is 13.2 Å². The van der Waals surface area contributed by atoms with E-state index in [1.54, 1.807) is 6.08 Å². The maximum Gasteiger partial charge on any atom is 0.305 e. The largest absolute Gasteiger partial charge is 0.463 e. The van der Waals surface area contributed by atoms with Gasteiger partial charge in [0.2, 0.25) is 0 Å². The van der Waals surface area contributed by atoms with Gasteiger partial charge in [-0.05, 0) is 31.6 Å². The monoisotopic (exact) mass is 640 g/mol. The minimum atomic E-state index is -1.03. The van der Waals surface area contributed by atoms with Gasteiger partial charge < -0.3 is 29.9 Å². The number of rotatable bonds is 29. The molecule has 1 saturated carbocycles. The molecule has 0 aromatic carbocycles. The Balaban J connectivity index is 2.05. The quantitative estimate of drug-likeness (QED) is 0.0379. The summed E-state index contributed by atoms with van der Waals surface area (Å²) in [5.74, 6) is -0.873. The van der Waals surface area contributed by atoms with Crippen LogP contribution in [-0.2, 0) is 19.1 Å². The van der Waals surface area contributed by atoms with E-state index in [0.717, 1.165) is 64.2 Å². The van der Waals surface area contributed by atoms with E-state index < -0.39 is 24.4 Å². The van der Waals surface area contributed by atoms with Crippen LogP contribution < -0.4 is 0 Å². The van der Waals surface area contributed by atoms with Crippen LogP contribution in [0, 0.1) is 11.8 Å². The minimum Gasteiger partial charge on any atom is -0.463 e. The highest BCUT2D eigenvalue weighted by atomic mass is 16.6. The van der Waals surface area contributed by atoms with Crippen LogP contribution in [0.1, 0.15) is 162 Å². The number of aliphatic hydroxyl groups is 4. The van der Waals surface area contributed by atoms with Crippen molar-refractivity contribution in [1.29, 1.82) is 0 Å². The molecule has 4 N–H and O–H groups in total. The summed E-state index contributed by atoms with van der Waals surface area (Å²) < 4.78 is 10.3. The van der Waals surface area contributed by atoms with E-state index in [9.17, 15) is 30.0 Å². The average Bonchev–Trinajstić information content (AvgIpc) is 3.29. The first-order chi connectivity index (χ1) is 21.8. The summed E-state index contributed by atoms with van der Waals surface area (Å²) in [5, 5.41) is 41.1. The van der Waals surface area contributed by atoms with E-state index in [1.165, 1.54) is 51.4 Å². The second kappa shape index (κ2) is 27.6. The summed E-state index contributed by atoms with van der Waals surface area (Å²) in [7, 11) is 0. The van der Waals surface area contributed by atoms with Gasteiger partial charge in [-0.1, -0.05) is 129 Å². The number of unbranched alkanes of at least 4 members (excludes halogenated alkanes) is 15. The van der Waals surface area contributed by atoms with E-state index >= 15 is 0 Å². The standard InChI is InChI=1S/C37H68O8/c1-3-5-7-8-9-10-11-12-13-14-19-23-36(42)44-28-31(39)29-45-37(43)24-20-16-15-18-22-32-33(35(41)27-34(32)40)26-25-30(38)21-17-6-4-2/h25-26,30-35,38-41H,3-24,27-29H2,1-2H3/b26-25+/t30-,31-,32+,33+,34-,35+/m0/s1. The summed E-state index contributed by atoms with van der Waals surface area (Å²) in [6.07, 6.45) is 23.3. The van der Waals surface area contributed by atoms with Crippen LogP contribution in [0.25, 0.3) is 0 Å². The van der Waals surface area contributed by atoms with Crippen molar-refractivity contribution < 1.29 is 39.5 Å². The fourth-order valence-electron chi connectivity index (χ4n) is 6.24. The molecule has 0 bridgehead atoms. The third kappa shape index (κ3) is 21.9. The molecule has 0 amide bonds. The molecule has 0 aliphatic heterocycles. The van der Waals surface area contributed by atoms with Gasteiger partial charge in [-0.15, -0.1) is 0 Å². The van der Waals surface area contributed by atoms with Crippen molar-refractivity contribution in [1.82, 2.24) is 0 Å². The Morgan fingerprint density at radius 3 is 1.67 bits per heavy atom. The zero-order valence-electron chi connectivity index (χ0n) is 28.7. The predicted octanol–water partition coefficient (Wildman–Crippen LogP) is 7.33. The van der Waals surface area contributed by atoms with Gasteiger partial charge in [-0.3, -0.25) is 9.59 Å². The zero-order chi connectivity index (χ0) is 33.1. The topological polar surface area (TPSA) is 134 Å². The van der Waals surface area contributed by atoms with E-state index in [2.05, 4.69) is 13.8 Å². The van der Waals surface area contributed by atoms with Gasteiger partial charge in [0.15, 0.2) is 0 Å². The SMILES string of the molecule is CCCCCCCCCCCCCC(=O)OC[C@H](O)COC(=O)CCCCCC[C@@H]1[C@@H](/C=C/[C@@H](O)CCCCC)[C@H](O)C[C@@H]1O. The molecule has 8 heteroatoms. The first-order valence-electron chi connectivity index (χ1n) is 18.5. The molecule has 0 aromatic rings. The number of hydrogen-bond donors (Lipinski definition) is 4. The molecule has 1 rings (SSSR count). The van der Waals surface area contributed by atoms with Crippen molar-refractivity contribution in [3.05, 3.63) is 12.2 Å². The Morgan fingerprint density at radius 2 is 1.13 bits per heavy atom. The van der Waals surface area contributed by atoms with Gasteiger partial charge in [0.25, 0.3) is 0 Å². The number of esters is 2.